The Morgan fingerprint density at radius 1 is 0.478 bits per heavy atom. The Morgan fingerprint density at radius 3 is 1.30 bits per heavy atom. The van der Waals surface area contributed by atoms with Gasteiger partial charge in [-0.15, -0.1) is 0 Å². The second-order valence-corrected chi connectivity index (χ2v) is 12.6. The Bertz CT molecular complexity index is 865. The number of carbonyl (C=O) groups is 2. The average molecular weight is 637 g/mol. The van der Waals surface area contributed by atoms with Crippen LogP contribution in [0.4, 0.5) is 0 Å². The number of hydrogen-bond acceptors (Lipinski definition) is 2. The number of allylic oxidation sites excluding steroid dienone is 12. The van der Waals surface area contributed by atoms with E-state index in [0.717, 1.165) is 90.0 Å². The van der Waals surface area contributed by atoms with E-state index < -0.39 is 0 Å². The van der Waals surface area contributed by atoms with Crippen molar-refractivity contribution in [3.63, 3.8) is 0 Å². The minimum Gasteiger partial charge on any atom is -0.356 e. The lowest BCUT2D eigenvalue weighted by Gasteiger charge is -2.14. The quantitative estimate of drug-likeness (QED) is 0.0570. The lowest BCUT2D eigenvalue weighted by molar-refractivity contribution is -0.122. The molecular formula is C42H72N2O2. The minimum atomic E-state index is 0.155. The van der Waals surface area contributed by atoms with E-state index in [4.69, 9.17) is 0 Å². The molecule has 0 fully saturated rings. The first kappa shape index (κ1) is 43.4. The van der Waals surface area contributed by atoms with Crippen LogP contribution in [0.1, 0.15) is 168 Å². The van der Waals surface area contributed by atoms with Crippen LogP contribution in [0.25, 0.3) is 0 Å². The van der Waals surface area contributed by atoms with Crippen molar-refractivity contribution in [3.8, 4) is 0 Å². The number of amides is 2. The number of nitrogens with one attached hydrogen (secondary N) is 2. The third kappa shape index (κ3) is 35.9. The van der Waals surface area contributed by atoms with Gasteiger partial charge in [0.05, 0.1) is 0 Å². The van der Waals surface area contributed by atoms with Crippen molar-refractivity contribution < 1.29 is 9.59 Å². The van der Waals surface area contributed by atoms with Crippen molar-refractivity contribution >= 4 is 11.8 Å². The van der Waals surface area contributed by atoms with Crippen LogP contribution in [0.5, 0.6) is 0 Å². The number of hydrogen-bond donors (Lipinski definition) is 2. The maximum Gasteiger partial charge on any atom is 0.220 e. The van der Waals surface area contributed by atoms with E-state index in [-0.39, 0.29) is 17.9 Å². The Morgan fingerprint density at radius 2 is 0.870 bits per heavy atom. The zero-order valence-corrected chi connectivity index (χ0v) is 30.3. The summed E-state index contributed by atoms with van der Waals surface area (Å²) in [7, 11) is 0. The molecule has 0 unspecified atom stereocenters. The summed E-state index contributed by atoms with van der Waals surface area (Å²) in [5.74, 6) is 0.311. The molecule has 4 heteroatoms. The van der Waals surface area contributed by atoms with E-state index in [1.54, 1.807) is 0 Å². The standard InChI is InChI=1S/C42H72N2O2/c1-4-6-8-10-12-14-16-18-20-22-24-26-28-30-32-37-41(45)43-39-35-34-36-40(3)44-42(46)38-33-31-29-27-25-23-21-19-17-15-13-11-9-7-5-2/h12-15,18-21,24-27,40H,4-11,16-17,22-23,28-39H2,1-3H3,(H,43,45)(H,44,46)/b14-12-,15-13-,20-18-,21-19-,26-24-,27-25-/t40-/m1/s1. The maximum atomic E-state index is 12.2. The number of unbranched alkanes of at least 4 members (excludes halogenated alkanes) is 11. The normalized spacial score (nSPS) is 13.0. The predicted molar refractivity (Wildman–Crippen MR) is 203 cm³/mol. The molecule has 262 valence electrons. The molecule has 0 heterocycles. The molecule has 0 aromatic rings. The number of rotatable bonds is 32. The third-order valence-corrected chi connectivity index (χ3v) is 7.88. The van der Waals surface area contributed by atoms with Gasteiger partial charge in [0.15, 0.2) is 0 Å². The first-order valence-corrected chi connectivity index (χ1v) is 19.1. The van der Waals surface area contributed by atoms with Crippen LogP contribution in [0, 0.1) is 0 Å². The predicted octanol–water partition coefficient (Wildman–Crippen LogP) is 12.0. The van der Waals surface area contributed by atoms with E-state index in [1.165, 1.54) is 51.4 Å². The molecule has 0 saturated heterocycles. The van der Waals surface area contributed by atoms with Gasteiger partial charge in [-0.05, 0) is 116 Å². The fraction of sp³-hybridized carbons (Fsp3) is 0.667. The molecule has 0 aromatic heterocycles. The molecule has 0 aromatic carbocycles. The van der Waals surface area contributed by atoms with Crippen molar-refractivity contribution in [1.29, 1.82) is 0 Å². The fourth-order valence-corrected chi connectivity index (χ4v) is 4.99. The van der Waals surface area contributed by atoms with Gasteiger partial charge in [0.1, 0.15) is 0 Å². The van der Waals surface area contributed by atoms with Gasteiger partial charge in [0.25, 0.3) is 0 Å². The Labute approximate surface area is 285 Å². The van der Waals surface area contributed by atoms with Crippen LogP contribution in [0.3, 0.4) is 0 Å². The van der Waals surface area contributed by atoms with Crippen molar-refractivity contribution in [2.45, 2.75) is 174 Å². The van der Waals surface area contributed by atoms with Gasteiger partial charge in [-0.1, -0.05) is 112 Å². The molecular weight excluding hydrogens is 564 g/mol. The number of carbonyl (C=O) groups excluding carboxylic acids is 2. The molecule has 0 aliphatic rings. The summed E-state index contributed by atoms with van der Waals surface area (Å²) >= 11 is 0. The molecule has 2 amide bonds. The van der Waals surface area contributed by atoms with E-state index in [2.05, 4.69) is 104 Å². The monoisotopic (exact) mass is 637 g/mol. The molecule has 0 aliphatic heterocycles. The van der Waals surface area contributed by atoms with E-state index >= 15 is 0 Å². The summed E-state index contributed by atoms with van der Waals surface area (Å²) in [6.45, 7) is 7.28. The molecule has 0 bridgehead atoms. The highest BCUT2D eigenvalue weighted by Crippen LogP contribution is 2.06. The lowest BCUT2D eigenvalue weighted by atomic mass is 10.1. The molecule has 4 nitrogen and oxygen atoms in total. The van der Waals surface area contributed by atoms with E-state index in [1.807, 2.05) is 0 Å². The van der Waals surface area contributed by atoms with Crippen molar-refractivity contribution in [2.24, 2.45) is 0 Å². The van der Waals surface area contributed by atoms with Gasteiger partial charge in [0.2, 0.25) is 11.8 Å². The average Bonchev–Trinajstić information content (AvgIpc) is 3.04. The van der Waals surface area contributed by atoms with Crippen LogP contribution in [-0.4, -0.2) is 24.4 Å². The molecule has 0 saturated carbocycles. The summed E-state index contributed by atoms with van der Waals surface area (Å²) in [6.07, 6.45) is 51.4. The molecule has 0 spiro atoms. The Kier molecular flexibility index (Phi) is 34.7. The second kappa shape index (κ2) is 36.8. The van der Waals surface area contributed by atoms with E-state index in [9.17, 15) is 9.59 Å². The van der Waals surface area contributed by atoms with Gasteiger partial charge < -0.3 is 10.6 Å². The SMILES string of the molecule is CCCCC/C=C\C/C=C\C/C=C\CCCCC(=O)NCCCC[C@@H](C)NC(=O)CCCC/C=C\C/C=C\C/C=C\CCCCC. The summed E-state index contributed by atoms with van der Waals surface area (Å²) < 4.78 is 0. The van der Waals surface area contributed by atoms with Gasteiger partial charge in [0, 0.05) is 25.4 Å². The lowest BCUT2D eigenvalue weighted by Crippen LogP contribution is -2.32. The molecule has 0 radical (unpaired) electrons. The van der Waals surface area contributed by atoms with Crippen LogP contribution < -0.4 is 10.6 Å². The highest BCUT2D eigenvalue weighted by Gasteiger charge is 2.07. The Balaban J connectivity index is 3.58. The van der Waals surface area contributed by atoms with Gasteiger partial charge in [-0.25, -0.2) is 0 Å². The third-order valence-electron chi connectivity index (χ3n) is 7.88. The molecule has 0 aliphatic carbocycles. The summed E-state index contributed by atoms with van der Waals surface area (Å²) in [6, 6.07) is 0.182. The largest absolute Gasteiger partial charge is 0.356 e. The summed E-state index contributed by atoms with van der Waals surface area (Å²) in [5.41, 5.74) is 0. The maximum absolute atomic E-state index is 12.2. The first-order chi connectivity index (χ1) is 22.6. The van der Waals surface area contributed by atoms with Crippen LogP contribution in [-0.2, 0) is 9.59 Å². The summed E-state index contributed by atoms with van der Waals surface area (Å²) in [4.78, 5) is 24.3. The van der Waals surface area contributed by atoms with Crippen LogP contribution in [0.2, 0.25) is 0 Å². The van der Waals surface area contributed by atoms with Gasteiger partial charge in [-0.2, -0.15) is 0 Å². The topological polar surface area (TPSA) is 58.2 Å². The van der Waals surface area contributed by atoms with Crippen LogP contribution >= 0.6 is 0 Å². The van der Waals surface area contributed by atoms with Crippen molar-refractivity contribution in [1.82, 2.24) is 10.6 Å². The fourth-order valence-electron chi connectivity index (χ4n) is 4.99. The van der Waals surface area contributed by atoms with Crippen molar-refractivity contribution in [2.75, 3.05) is 6.54 Å². The molecule has 0 rings (SSSR count). The van der Waals surface area contributed by atoms with Crippen molar-refractivity contribution in [3.05, 3.63) is 72.9 Å². The molecule has 46 heavy (non-hydrogen) atoms. The highest BCUT2D eigenvalue weighted by atomic mass is 16.2. The van der Waals surface area contributed by atoms with Crippen LogP contribution in [0.15, 0.2) is 72.9 Å². The second-order valence-electron chi connectivity index (χ2n) is 12.6. The first-order valence-electron chi connectivity index (χ1n) is 19.1. The minimum absolute atomic E-state index is 0.155. The van der Waals surface area contributed by atoms with Gasteiger partial charge in [-0.3, -0.25) is 9.59 Å². The highest BCUT2D eigenvalue weighted by molar-refractivity contribution is 5.76. The van der Waals surface area contributed by atoms with E-state index in [0.29, 0.717) is 12.8 Å². The Hall–Kier alpha value is -2.62. The van der Waals surface area contributed by atoms with Gasteiger partial charge >= 0.3 is 0 Å². The zero-order chi connectivity index (χ0) is 33.6. The summed E-state index contributed by atoms with van der Waals surface area (Å²) in [5, 5.41) is 6.18. The molecule has 1 atom stereocenters. The smallest absolute Gasteiger partial charge is 0.220 e. The molecule has 2 N–H and O–H groups in total. The zero-order valence-electron chi connectivity index (χ0n) is 30.3.